The first kappa shape index (κ1) is 33.0. The highest BCUT2D eigenvalue weighted by atomic mass is 35.5. The van der Waals surface area contributed by atoms with Gasteiger partial charge in [-0.1, -0.05) is 61.3 Å². The molecule has 0 aliphatic heterocycles. The summed E-state index contributed by atoms with van der Waals surface area (Å²) in [5, 5.41) is 3.58. The van der Waals surface area contributed by atoms with Crippen LogP contribution in [0.1, 0.15) is 32.3 Å². The van der Waals surface area contributed by atoms with Crippen LogP contribution in [0.3, 0.4) is 0 Å². The van der Waals surface area contributed by atoms with E-state index in [0.29, 0.717) is 34.3 Å². The molecule has 0 spiro atoms. The molecule has 9 nitrogen and oxygen atoms in total. The molecule has 2 amide bonds. The van der Waals surface area contributed by atoms with Gasteiger partial charge < -0.3 is 19.7 Å². The number of carbonyl (C=O) groups excluding carboxylic acids is 2. The van der Waals surface area contributed by atoms with Gasteiger partial charge in [0.15, 0.2) is 11.5 Å². The molecule has 1 N–H and O–H groups in total. The number of benzene rings is 3. The van der Waals surface area contributed by atoms with Gasteiger partial charge in [-0.3, -0.25) is 13.9 Å². The van der Waals surface area contributed by atoms with Crippen LogP contribution in [-0.4, -0.2) is 58.5 Å². The van der Waals surface area contributed by atoms with Crippen LogP contribution in [0.25, 0.3) is 0 Å². The Kier molecular flexibility index (Phi) is 11.9. The summed E-state index contributed by atoms with van der Waals surface area (Å²) in [6.07, 6.45) is 0.996. The molecule has 226 valence electrons. The Balaban J connectivity index is 2.12. The van der Waals surface area contributed by atoms with Crippen LogP contribution in [0, 0.1) is 0 Å². The van der Waals surface area contributed by atoms with Gasteiger partial charge >= 0.3 is 0 Å². The number of rotatable bonds is 14. The maximum absolute atomic E-state index is 14.2. The summed E-state index contributed by atoms with van der Waals surface area (Å²) in [5.41, 5.74) is 0.734. The highest BCUT2D eigenvalue weighted by Gasteiger charge is 2.34. The van der Waals surface area contributed by atoms with Crippen LogP contribution in [0.15, 0.2) is 71.6 Å². The Labute approximate surface area is 257 Å². The second-order valence-corrected chi connectivity index (χ2v) is 12.0. The van der Waals surface area contributed by atoms with Crippen LogP contribution >= 0.6 is 23.2 Å². The molecule has 0 bridgehead atoms. The molecule has 3 rings (SSSR count). The molecule has 0 aliphatic rings. The van der Waals surface area contributed by atoms with E-state index in [1.54, 1.807) is 49.4 Å². The number of anilines is 1. The van der Waals surface area contributed by atoms with Crippen molar-refractivity contribution in [3.8, 4) is 11.5 Å². The Morgan fingerprint density at radius 1 is 0.929 bits per heavy atom. The Bertz CT molecular complexity index is 1490. The number of nitrogens with one attached hydrogen (secondary N) is 1. The number of amides is 2. The molecule has 3 aromatic carbocycles. The molecule has 1 atom stereocenters. The van der Waals surface area contributed by atoms with Crippen molar-refractivity contribution < 1.29 is 27.5 Å². The second kappa shape index (κ2) is 15.1. The van der Waals surface area contributed by atoms with E-state index in [1.807, 2.05) is 6.92 Å². The molecule has 1 unspecified atom stereocenters. The molecule has 0 saturated heterocycles. The first-order chi connectivity index (χ1) is 20.1. The lowest BCUT2D eigenvalue weighted by Gasteiger charge is -2.33. The van der Waals surface area contributed by atoms with Gasteiger partial charge in [0.05, 0.1) is 24.8 Å². The summed E-state index contributed by atoms with van der Waals surface area (Å²) in [7, 11) is -1.34. The van der Waals surface area contributed by atoms with E-state index in [2.05, 4.69) is 5.32 Å². The minimum absolute atomic E-state index is 0.00684. The Hall–Kier alpha value is -3.47. The molecule has 3 aromatic rings. The molecule has 0 aromatic heterocycles. The van der Waals surface area contributed by atoms with E-state index in [0.717, 1.165) is 4.31 Å². The number of ether oxygens (including phenoxy) is 2. The fourth-order valence-electron chi connectivity index (χ4n) is 4.35. The van der Waals surface area contributed by atoms with E-state index in [4.69, 9.17) is 32.7 Å². The maximum Gasteiger partial charge on any atom is 0.264 e. The largest absolute Gasteiger partial charge is 0.493 e. The molecule has 12 heteroatoms. The number of nitrogens with zero attached hydrogens (tertiary/aromatic N) is 2. The molecule has 0 saturated carbocycles. The van der Waals surface area contributed by atoms with E-state index >= 15 is 0 Å². The topological polar surface area (TPSA) is 105 Å². The molecule has 42 heavy (non-hydrogen) atoms. The van der Waals surface area contributed by atoms with Crippen LogP contribution in [0.5, 0.6) is 11.5 Å². The number of hydrogen-bond donors (Lipinski definition) is 1. The average molecular weight is 637 g/mol. The summed E-state index contributed by atoms with van der Waals surface area (Å²) < 4.78 is 39.7. The van der Waals surface area contributed by atoms with Crippen molar-refractivity contribution in [3.63, 3.8) is 0 Å². The van der Waals surface area contributed by atoms with Crippen molar-refractivity contribution in [1.82, 2.24) is 10.2 Å². The zero-order valence-electron chi connectivity index (χ0n) is 24.0. The lowest BCUT2D eigenvalue weighted by molar-refractivity contribution is -0.140. The van der Waals surface area contributed by atoms with Gasteiger partial charge in [0.25, 0.3) is 10.0 Å². The molecule has 0 heterocycles. The maximum atomic E-state index is 14.2. The Morgan fingerprint density at radius 3 is 2.21 bits per heavy atom. The molecule has 0 radical (unpaired) electrons. The van der Waals surface area contributed by atoms with Crippen LogP contribution in [0.4, 0.5) is 5.69 Å². The van der Waals surface area contributed by atoms with Crippen molar-refractivity contribution in [2.45, 2.75) is 44.2 Å². The van der Waals surface area contributed by atoms with Crippen molar-refractivity contribution >= 4 is 50.7 Å². The quantitative estimate of drug-likeness (QED) is 0.249. The third-order valence-corrected chi connectivity index (χ3v) is 8.93. The highest BCUT2D eigenvalue weighted by molar-refractivity contribution is 7.92. The van der Waals surface area contributed by atoms with Crippen molar-refractivity contribution in [3.05, 3.63) is 82.3 Å². The minimum Gasteiger partial charge on any atom is -0.493 e. The van der Waals surface area contributed by atoms with Gasteiger partial charge in [0.1, 0.15) is 12.6 Å². The number of carbonyl (C=O) groups is 2. The van der Waals surface area contributed by atoms with Crippen molar-refractivity contribution in [2.75, 3.05) is 31.6 Å². The summed E-state index contributed by atoms with van der Waals surface area (Å²) in [6, 6.07) is 16.3. The van der Waals surface area contributed by atoms with E-state index < -0.39 is 28.5 Å². The van der Waals surface area contributed by atoms with Crippen LogP contribution in [0.2, 0.25) is 10.0 Å². The number of sulfonamides is 1. The second-order valence-electron chi connectivity index (χ2n) is 9.34. The van der Waals surface area contributed by atoms with Gasteiger partial charge in [-0.25, -0.2) is 8.42 Å². The summed E-state index contributed by atoms with van der Waals surface area (Å²) in [5.74, 6) is -0.275. The van der Waals surface area contributed by atoms with Gasteiger partial charge in [0.2, 0.25) is 11.8 Å². The first-order valence-corrected chi connectivity index (χ1v) is 15.6. The zero-order valence-corrected chi connectivity index (χ0v) is 26.3. The number of halogens is 2. The number of methoxy groups -OCH3 is 2. The molecule has 0 aliphatic carbocycles. The van der Waals surface area contributed by atoms with Crippen LogP contribution in [-0.2, 0) is 26.2 Å². The smallest absolute Gasteiger partial charge is 0.264 e. The normalized spacial score (nSPS) is 11.9. The summed E-state index contributed by atoms with van der Waals surface area (Å²) >= 11 is 12.5. The third-order valence-electron chi connectivity index (χ3n) is 6.56. The standard InChI is InChI=1S/C30H35Cl2N3O6S/c1-5-16-33-30(37)26(6-2)34(19-21-12-13-22(31)17-25(21)32)29(36)20-35(42(38,39)24-10-8-7-9-11-24)23-14-15-27(40-3)28(18-23)41-4/h7-15,17-18,26H,5-6,16,19-20H2,1-4H3,(H,33,37). The predicted molar refractivity (Wildman–Crippen MR) is 165 cm³/mol. The van der Waals surface area contributed by atoms with E-state index in [-0.39, 0.29) is 35.2 Å². The van der Waals surface area contributed by atoms with Gasteiger partial charge in [-0.15, -0.1) is 0 Å². The fourth-order valence-corrected chi connectivity index (χ4v) is 6.24. The third kappa shape index (κ3) is 7.87. The summed E-state index contributed by atoms with van der Waals surface area (Å²) in [6.45, 7) is 3.49. The monoisotopic (exact) mass is 635 g/mol. The zero-order chi connectivity index (χ0) is 30.9. The number of hydrogen-bond acceptors (Lipinski definition) is 6. The summed E-state index contributed by atoms with van der Waals surface area (Å²) in [4.78, 5) is 28.7. The SMILES string of the molecule is CCCNC(=O)C(CC)N(Cc1ccc(Cl)cc1Cl)C(=O)CN(c1ccc(OC)c(OC)c1)S(=O)(=O)c1ccccc1. The molecular formula is C30H35Cl2N3O6S. The molecular weight excluding hydrogens is 601 g/mol. The Morgan fingerprint density at radius 2 is 1.62 bits per heavy atom. The lowest BCUT2D eigenvalue weighted by Crippen LogP contribution is -2.52. The lowest BCUT2D eigenvalue weighted by atomic mass is 10.1. The van der Waals surface area contributed by atoms with E-state index in [1.165, 1.54) is 43.4 Å². The first-order valence-electron chi connectivity index (χ1n) is 13.4. The van der Waals surface area contributed by atoms with Gasteiger partial charge in [-0.2, -0.15) is 0 Å². The molecule has 0 fully saturated rings. The fraction of sp³-hybridized carbons (Fsp3) is 0.333. The highest BCUT2D eigenvalue weighted by Crippen LogP contribution is 2.34. The predicted octanol–water partition coefficient (Wildman–Crippen LogP) is 5.54. The average Bonchev–Trinajstić information content (AvgIpc) is 2.99. The van der Waals surface area contributed by atoms with Gasteiger partial charge in [0, 0.05) is 29.2 Å². The minimum atomic E-state index is -4.24. The van der Waals surface area contributed by atoms with Crippen molar-refractivity contribution in [2.24, 2.45) is 0 Å². The van der Waals surface area contributed by atoms with Crippen molar-refractivity contribution in [1.29, 1.82) is 0 Å². The van der Waals surface area contributed by atoms with Gasteiger partial charge in [-0.05, 0) is 54.8 Å². The van der Waals surface area contributed by atoms with E-state index in [9.17, 15) is 18.0 Å². The van der Waals surface area contributed by atoms with Crippen LogP contribution < -0.4 is 19.1 Å².